The zero-order chi connectivity index (χ0) is 20.0. The molecule has 2 aliphatic carbocycles. The highest BCUT2D eigenvalue weighted by Gasteiger charge is 2.66. The SMILES string of the molecule is O=C(COC(=O)CN1C(=O)[C@@H]2[C@H]3C[C@@H]([C@H](Br)[C@H]3Br)[C@@H]2C1=O)Nc1ccccc1. The quantitative estimate of drug-likeness (QED) is 0.369. The molecule has 7 nitrogen and oxygen atoms in total. The van der Waals surface area contributed by atoms with E-state index in [2.05, 4.69) is 37.2 Å². The van der Waals surface area contributed by atoms with E-state index in [1.807, 2.05) is 6.07 Å². The fourth-order valence-electron chi connectivity index (χ4n) is 4.61. The van der Waals surface area contributed by atoms with Crippen molar-refractivity contribution >= 4 is 61.2 Å². The molecule has 1 N–H and O–H groups in total. The highest BCUT2D eigenvalue weighted by atomic mass is 79.9. The Hall–Kier alpha value is -1.74. The number of nitrogens with zero attached hydrogens (tertiary/aromatic N) is 1. The van der Waals surface area contributed by atoms with Crippen molar-refractivity contribution in [1.82, 2.24) is 4.90 Å². The first-order valence-corrected chi connectivity index (χ1v) is 10.9. The number of esters is 1. The molecule has 9 heteroatoms. The molecular weight excluding hydrogens is 496 g/mol. The lowest BCUT2D eigenvalue weighted by Gasteiger charge is -2.28. The maximum atomic E-state index is 12.7. The highest BCUT2D eigenvalue weighted by molar-refractivity contribution is 9.12. The number of nitrogens with one attached hydrogen (secondary N) is 1. The van der Waals surface area contributed by atoms with E-state index >= 15 is 0 Å². The van der Waals surface area contributed by atoms with Gasteiger partial charge in [0.2, 0.25) is 11.8 Å². The summed E-state index contributed by atoms with van der Waals surface area (Å²) in [6.07, 6.45) is 0.830. The lowest BCUT2D eigenvalue weighted by molar-refractivity contribution is -0.154. The second-order valence-electron chi connectivity index (χ2n) is 7.34. The van der Waals surface area contributed by atoms with Gasteiger partial charge in [-0.15, -0.1) is 0 Å². The fourth-order valence-corrected chi connectivity index (χ4v) is 6.48. The van der Waals surface area contributed by atoms with Gasteiger partial charge in [-0.1, -0.05) is 50.1 Å². The largest absolute Gasteiger partial charge is 0.454 e. The summed E-state index contributed by atoms with van der Waals surface area (Å²) in [5.41, 5.74) is 0.588. The first-order chi connectivity index (χ1) is 13.4. The number of amides is 3. The van der Waals surface area contributed by atoms with Crippen LogP contribution in [0.3, 0.4) is 0 Å². The number of halogens is 2. The summed E-state index contributed by atoms with van der Waals surface area (Å²) in [4.78, 5) is 50.7. The van der Waals surface area contributed by atoms with Crippen molar-refractivity contribution in [3.8, 4) is 0 Å². The van der Waals surface area contributed by atoms with Gasteiger partial charge >= 0.3 is 5.97 Å². The zero-order valence-corrected chi connectivity index (χ0v) is 17.9. The van der Waals surface area contributed by atoms with E-state index in [9.17, 15) is 19.2 Å². The van der Waals surface area contributed by atoms with E-state index in [4.69, 9.17) is 4.74 Å². The Bertz CT molecular complexity index is 801. The number of hydrogen-bond donors (Lipinski definition) is 1. The second kappa shape index (κ2) is 7.59. The molecule has 3 fully saturated rings. The van der Waals surface area contributed by atoms with Crippen LogP contribution in [0, 0.1) is 23.7 Å². The van der Waals surface area contributed by atoms with E-state index in [-0.39, 0.29) is 45.1 Å². The number of anilines is 1. The molecule has 0 aromatic heterocycles. The molecule has 0 radical (unpaired) electrons. The van der Waals surface area contributed by atoms with Crippen LogP contribution in [0.15, 0.2) is 30.3 Å². The third-order valence-electron chi connectivity index (χ3n) is 5.79. The van der Waals surface area contributed by atoms with Crippen LogP contribution < -0.4 is 5.32 Å². The Kier molecular flexibility index (Phi) is 5.30. The van der Waals surface area contributed by atoms with Crippen molar-refractivity contribution in [2.24, 2.45) is 23.7 Å². The van der Waals surface area contributed by atoms with Crippen LogP contribution in [-0.2, 0) is 23.9 Å². The van der Waals surface area contributed by atoms with Gasteiger partial charge in [0.25, 0.3) is 5.91 Å². The number of benzene rings is 1. The van der Waals surface area contributed by atoms with Crippen molar-refractivity contribution < 1.29 is 23.9 Å². The number of rotatable bonds is 5. The van der Waals surface area contributed by atoms with Crippen molar-refractivity contribution in [2.75, 3.05) is 18.5 Å². The van der Waals surface area contributed by atoms with Crippen LogP contribution in [0.1, 0.15) is 6.42 Å². The smallest absolute Gasteiger partial charge is 0.326 e. The lowest BCUT2D eigenvalue weighted by Crippen LogP contribution is -2.38. The molecule has 1 aromatic rings. The molecule has 1 aromatic carbocycles. The molecule has 0 unspecified atom stereocenters. The van der Waals surface area contributed by atoms with E-state index in [0.29, 0.717) is 5.69 Å². The van der Waals surface area contributed by atoms with Crippen LogP contribution in [0.25, 0.3) is 0 Å². The Morgan fingerprint density at radius 3 is 2.18 bits per heavy atom. The number of carbonyl (C=O) groups excluding carboxylic acids is 4. The number of alkyl halides is 2. The normalized spacial score (nSPS) is 33.1. The number of likely N-dealkylation sites (tertiary alicyclic amines) is 1. The minimum absolute atomic E-state index is 0.0912. The van der Waals surface area contributed by atoms with Gasteiger partial charge in [0.05, 0.1) is 11.8 Å². The second-order valence-corrected chi connectivity index (χ2v) is 9.46. The summed E-state index contributed by atoms with van der Waals surface area (Å²) < 4.78 is 4.95. The van der Waals surface area contributed by atoms with Crippen LogP contribution in [-0.4, -0.2) is 51.4 Å². The Labute approximate surface area is 178 Å². The molecule has 28 heavy (non-hydrogen) atoms. The third-order valence-corrected chi connectivity index (χ3v) is 8.99. The van der Waals surface area contributed by atoms with Crippen LogP contribution in [0.4, 0.5) is 5.69 Å². The van der Waals surface area contributed by atoms with Gasteiger partial charge in [-0.05, 0) is 30.4 Å². The molecule has 1 saturated heterocycles. The molecular formula is C19H18Br2N2O5. The van der Waals surface area contributed by atoms with Crippen LogP contribution in [0.5, 0.6) is 0 Å². The van der Waals surface area contributed by atoms with Gasteiger partial charge in [-0.25, -0.2) is 0 Å². The number of fused-ring (bicyclic) bond motifs is 5. The summed E-state index contributed by atoms with van der Waals surface area (Å²) in [7, 11) is 0. The topological polar surface area (TPSA) is 92.8 Å². The number of ether oxygens (including phenoxy) is 1. The molecule has 3 aliphatic rings. The molecule has 148 valence electrons. The van der Waals surface area contributed by atoms with Crippen molar-refractivity contribution in [2.45, 2.75) is 16.1 Å². The van der Waals surface area contributed by atoms with Gasteiger partial charge in [0.1, 0.15) is 6.54 Å². The van der Waals surface area contributed by atoms with Gasteiger partial charge in [-0.2, -0.15) is 0 Å². The monoisotopic (exact) mass is 512 g/mol. The van der Waals surface area contributed by atoms with Crippen molar-refractivity contribution in [3.63, 3.8) is 0 Å². The van der Waals surface area contributed by atoms with Gasteiger partial charge in [0.15, 0.2) is 6.61 Å². The summed E-state index contributed by atoms with van der Waals surface area (Å²) in [6, 6.07) is 8.78. The van der Waals surface area contributed by atoms with Crippen molar-refractivity contribution in [1.29, 1.82) is 0 Å². The predicted molar refractivity (Wildman–Crippen MR) is 107 cm³/mol. The minimum atomic E-state index is -0.775. The van der Waals surface area contributed by atoms with Gasteiger partial charge in [-0.3, -0.25) is 24.1 Å². The van der Waals surface area contributed by atoms with Crippen LogP contribution >= 0.6 is 31.9 Å². The number of imide groups is 1. The van der Waals surface area contributed by atoms with Crippen LogP contribution in [0.2, 0.25) is 0 Å². The molecule has 4 rings (SSSR count). The maximum absolute atomic E-state index is 12.7. The van der Waals surface area contributed by atoms with E-state index in [0.717, 1.165) is 11.3 Å². The minimum Gasteiger partial charge on any atom is -0.454 e. The number of hydrogen-bond acceptors (Lipinski definition) is 5. The molecule has 6 atom stereocenters. The van der Waals surface area contributed by atoms with Gasteiger partial charge < -0.3 is 10.1 Å². The molecule has 3 amide bonds. The average molecular weight is 514 g/mol. The molecule has 1 heterocycles. The first kappa shape index (κ1) is 19.6. The standard InChI is InChI=1S/C19H18Br2N2O5/c20-16-10-6-11(17(16)21)15-14(10)18(26)23(19(15)27)7-13(25)28-8-12(24)22-9-4-2-1-3-5-9/h1-5,10-11,14-17H,6-8H2,(H,22,24)/t10-,11-,14-,15+,16+,17+/m1/s1. The number of para-hydroxylation sites is 1. The lowest BCUT2D eigenvalue weighted by atomic mass is 9.81. The van der Waals surface area contributed by atoms with Crippen molar-refractivity contribution in [3.05, 3.63) is 30.3 Å². The molecule has 2 bridgehead atoms. The Balaban J connectivity index is 1.32. The summed E-state index contributed by atoms with van der Waals surface area (Å²) in [6.45, 7) is -0.933. The average Bonchev–Trinajstić information content (AvgIpc) is 3.28. The summed E-state index contributed by atoms with van der Waals surface area (Å²) in [5.74, 6) is -2.44. The summed E-state index contributed by atoms with van der Waals surface area (Å²) in [5, 5.41) is 2.60. The molecule has 2 saturated carbocycles. The zero-order valence-electron chi connectivity index (χ0n) is 14.7. The summed E-state index contributed by atoms with van der Waals surface area (Å²) >= 11 is 7.24. The fraction of sp³-hybridized carbons (Fsp3) is 0.474. The molecule has 0 spiro atoms. The highest BCUT2D eigenvalue weighted by Crippen LogP contribution is 2.60. The van der Waals surface area contributed by atoms with E-state index in [1.165, 1.54) is 0 Å². The number of carbonyl (C=O) groups is 4. The predicted octanol–water partition coefficient (Wildman–Crippen LogP) is 1.95. The van der Waals surface area contributed by atoms with E-state index < -0.39 is 25.0 Å². The van der Waals surface area contributed by atoms with E-state index in [1.54, 1.807) is 24.3 Å². The Morgan fingerprint density at radius 2 is 1.61 bits per heavy atom. The Morgan fingerprint density at radius 1 is 1.04 bits per heavy atom. The third kappa shape index (κ3) is 3.28. The van der Waals surface area contributed by atoms with Gasteiger partial charge in [0, 0.05) is 15.3 Å². The first-order valence-electron chi connectivity index (χ1n) is 9.02. The maximum Gasteiger partial charge on any atom is 0.326 e. The molecule has 1 aliphatic heterocycles.